The van der Waals surface area contributed by atoms with Crippen LogP contribution in [0.4, 0.5) is 0 Å². The number of benzene rings is 1. The molecule has 1 aromatic carbocycles. The fraction of sp³-hybridized carbons (Fsp3) is 0.667. The molecule has 1 amide bonds. The summed E-state index contributed by atoms with van der Waals surface area (Å²) in [6.07, 6.45) is 2.08. The van der Waals surface area contributed by atoms with Crippen molar-refractivity contribution in [1.82, 2.24) is 10.2 Å². The minimum Gasteiger partial charge on any atom is -0.329 e. The van der Waals surface area contributed by atoms with Crippen LogP contribution in [0.2, 0.25) is 0 Å². The Morgan fingerprint density at radius 2 is 1.92 bits per heavy atom. The van der Waals surface area contributed by atoms with Crippen LogP contribution in [-0.2, 0) is 11.2 Å². The van der Waals surface area contributed by atoms with Crippen LogP contribution in [0, 0.1) is 5.92 Å². The fourth-order valence-corrected chi connectivity index (χ4v) is 3.99. The summed E-state index contributed by atoms with van der Waals surface area (Å²) in [4.78, 5) is 15.1. The van der Waals surface area contributed by atoms with Gasteiger partial charge in [0.25, 0.3) is 5.91 Å². The minimum absolute atomic E-state index is 0.323. The first kappa shape index (κ1) is 19.9. The van der Waals surface area contributed by atoms with E-state index in [4.69, 9.17) is 0 Å². The van der Waals surface area contributed by atoms with Crippen LogP contribution in [0.25, 0.3) is 0 Å². The molecule has 1 aliphatic heterocycles. The van der Waals surface area contributed by atoms with Gasteiger partial charge in [0, 0.05) is 13.1 Å². The van der Waals surface area contributed by atoms with Crippen molar-refractivity contribution >= 4 is 5.91 Å². The quantitative estimate of drug-likeness (QED) is 0.734. The topological polar surface area (TPSA) is 32.3 Å². The highest BCUT2D eigenvalue weighted by Crippen LogP contribution is 2.25. The second-order valence-corrected chi connectivity index (χ2v) is 8.21. The average Bonchev–Trinajstić information content (AvgIpc) is 2.57. The Hall–Kier alpha value is -1.39. The predicted molar refractivity (Wildman–Crippen MR) is 104 cm³/mol. The summed E-state index contributed by atoms with van der Waals surface area (Å²) >= 11 is 0. The number of carbonyl (C=O) groups excluding carboxylic acids is 1. The van der Waals surface area contributed by atoms with E-state index in [0.29, 0.717) is 30.5 Å². The molecule has 1 heterocycles. The van der Waals surface area contributed by atoms with E-state index in [2.05, 4.69) is 68.4 Å². The van der Waals surface area contributed by atoms with Gasteiger partial charge in [0.1, 0.15) is 6.54 Å². The van der Waals surface area contributed by atoms with Gasteiger partial charge in [-0.05, 0) is 38.3 Å². The number of carbonyl (C=O) groups is 1. The van der Waals surface area contributed by atoms with E-state index in [1.165, 1.54) is 5.56 Å². The molecular formula is C21H36N3O+. The molecule has 3 unspecified atom stereocenters. The third-order valence-electron chi connectivity index (χ3n) is 5.86. The Morgan fingerprint density at radius 3 is 2.52 bits per heavy atom. The first-order valence-electron chi connectivity index (χ1n) is 9.69. The summed E-state index contributed by atoms with van der Waals surface area (Å²) in [6.45, 7) is 10.3. The highest BCUT2D eigenvalue weighted by Gasteiger charge is 2.44. The minimum atomic E-state index is 0.323. The van der Waals surface area contributed by atoms with Gasteiger partial charge >= 0.3 is 0 Å². The van der Waals surface area contributed by atoms with Gasteiger partial charge in [0.05, 0.1) is 19.1 Å². The lowest BCUT2D eigenvalue weighted by molar-refractivity contribution is -0.928. The van der Waals surface area contributed by atoms with E-state index in [1.54, 1.807) is 0 Å². The van der Waals surface area contributed by atoms with Gasteiger partial charge in [-0.25, -0.2) is 0 Å². The third-order valence-corrected chi connectivity index (χ3v) is 5.86. The zero-order chi connectivity index (χ0) is 18.4. The van der Waals surface area contributed by atoms with Gasteiger partial charge in [-0.1, -0.05) is 44.2 Å². The molecule has 1 aliphatic rings. The molecule has 0 aromatic heterocycles. The second-order valence-electron chi connectivity index (χ2n) is 8.21. The molecule has 140 valence electrons. The molecule has 1 saturated heterocycles. The highest BCUT2D eigenvalue weighted by molar-refractivity contribution is 5.78. The summed E-state index contributed by atoms with van der Waals surface area (Å²) in [5.74, 6) is 0.809. The predicted octanol–water partition coefficient (Wildman–Crippen LogP) is 2.54. The number of amides is 1. The molecule has 0 aliphatic carbocycles. The van der Waals surface area contributed by atoms with Crippen LogP contribution in [-0.4, -0.2) is 67.6 Å². The molecule has 0 bridgehead atoms. The van der Waals surface area contributed by atoms with Crippen molar-refractivity contribution in [3.8, 4) is 0 Å². The Labute approximate surface area is 153 Å². The first-order valence-corrected chi connectivity index (χ1v) is 9.69. The molecule has 4 nitrogen and oxygen atoms in total. The molecule has 1 aromatic rings. The smallest absolute Gasteiger partial charge is 0.278 e. The van der Waals surface area contributed by atoms with Gasteiger partial charge < -0.3 is 14.7 Å². The van der Waals surface area contributed by atoms with E-state index in [0.717, 1.165) is 37.0 Å². The molecular weight excluding hydrogens is 310 g/mol. The summed E-state index contributed by atoms with van der Waals surface area (Å²) < 4.78 is 0.845. The largest absolute Gasteiger partial charge is 0.329 e. The Bertz CT molecular complexity index is 545. The summed E-state index contributed by atoms with van der Waals surface area (Å²) in [7, 11) is 4.24. The molecule has 1 fully saturated rings. The number of hydrogen-bond donors (Lipinski definition) is 1. The molecule has 0 saturated carbocycles. The van der Waals surface area contributed by atoms with Gasteiger partial charge in [-0.3, -0.25) is 4.79 Å². The summed E-state index contributed by atoms with van der Waals surface area (Å²) in [6, 6.07) is 11.4. The Kier molecular flexibility index (Phi) is 7.03. The Morgan fingerprint density at radius 1 is 1.24 bits per heavy atom. The van der Waals surface area contributed by atoms with E-state index in [9.17, 15) is 4.79 Å². The molecule has 4 heteroatoms. The van der Waals surface area contributed by atoms with Crippen LogP contribution >= 0.6 is 0 Å². The van der Waals surface area contributed by atoms with Gasteiger partial charge in [0.2, 0.25) is 0 Å². The zero-order valence-corrected chi connectivity index (χ0v) is 16.7. The van der Waals surface area contributed by atoms with Crippen molar-refractivity contribution in [2.45, 2.75) is 45.7 Å². The number of nitrogens with zero attached hydrogens (tertiary/aromatic N) is 2. The van der Waals surface area contributed by atoms with E-state index in [1.807, 2.05) is 7.05 Å². The lowest BCUT2D eigenvalue weighted by atomic mass is 9.95. The molecule has 2 rings (SSSR count). The lowest BCUT2D eigenvalue weighted by Gasteiger charge is -2.50. The van der Waals surface area contributed by atoms with Crippen LogP contribution in [0.15, 0.2) is 30.3 Å². The van der Waals surface area contributed by atoms with Crippen molar-refractivity contribution in [3.05, 3.63) is 35.9 Å². The van der Waals surface area contributed by atoms with Crippen LogP contribution < -0.4 is 5.32 Å². The maximum absolute atomic E-state index is 13.0. The zero-order valence-electron chi connectivity index (χ0n) is 16.7. The normalized spacial score (nSPS) is 25.4. The maximum atomic E-state index is 13.0. The monoisotopic (exact) mass is 346 g/mol. The van der Waals surface area contributed by atoms with E-state index in [-0.39, 0.29) is 0 Å². The van der Waals surface area contributed by atoms with Crippen molar-refractivity contribution in [1.29, 1.82) is 0 Å². The van der Waals surface area contributed by atoms with E-state index >= 15 is 0 Å². The third kappa shape index (κ3) is 5.05. The van der Waals surface area contributed by atoms with Crippen LogP contribution in [0.1, 0.15) is 32.8 Å². The molecule has 0 spiro atoms. The Balaban J connectivity index is 2.01. The standard InChI is InChI=1S/C21H36N3O/c1-17(2)20-15-24(5,18(3)14-22-4)16-21(25)23(20)13-9-12-19-10-7-6-8-11-19/h6-8,10-11,17-18,20,22H,9,12-16H2,1-5H3/q+1. The summed E-state index contributed by atoms with van der Waals surface area (Å²) in [5, 5.41) is 3.27. The SMILES string of the molecule is CNCC(C)[N+]1(C)CC(=O)N(CCCc2ccccc2)C(C(C)C)C1. The van der Waals surface area contributed by atoms with E-state index < -0.39 is 0 Å². The molecule has 3 atom stereocenters. The number of likely N-dealkylation sites (N-methyl/N-ethyl adjacent to an activating group) is 2. The van der Waals surface area contributed by atoms with Crippen molar-refractivity contribution < 1.29 is 9.28 Å². The molecule has 0 radical (unpaired) electrons. The molecule has 25 heavy (non-hydrogen) atoms. The van der Waals surface area contributed by atoms with Crippen LogP contribution in [0.3, 0.4) is 0 Å². The second kappa shape index (κ2) is 8.81. The number of nitrogens with one attached hydrogen (secondary N) is 1. The number of hydrogen-bond acceptors (Lipinski definition) is 2. The highest BCUT2D eigenvalue weighted by atomic mass is 16.2. The van der Waals surface area contributed by atoms with Crippen molar-refractivity contribution in [3.63, 3.8) is 0 Å². The number of aryl methyl sites for hydroxylation is 1. The average molecular weight is 347 g/mol. The fourth-order valence-electron chi connectivity index (χ4n) is 3.99. The van der Waals surface area contributed by atoms with Crippen molar-refractivity contribution in [2.75, 3.05) is 40.3 Å². The summed E-state index contributed by atoms with van der Waals surface area (Å²) in [5.41, 5.74) is 1.36. The van der Waals surface area contributed by atoms with Gasteiger partial charge in [-0.2, -0.15) is 0 Å². The molecule has 1 N–H and O–H groups in total. The van der Waals surface area contributed by atoms with Crippen LogP contribution in [0.5, 0.6) is 0 Å². The maximum Gasteiger partial charge on any atom is 0.278 e. The number of quaternary nitrogens is 1. The van der Waals surface area contributed by atoms with Gasteiger partial charge in [0.15, 0.2) is 6.54 Å². The first-order chi connectivity index (χ1) is 11.9. The van der Waals surface area contributed by atoms with Gasteiger partial charge in [-0.15, -0.1) is 0 Å². The number of piperazine rings is 1. The van der Waals surface area contributed by atoms with Crippen molar-refractivity contribution in [2.24, 2.45) is 5.92 Å². The number of rotatable bonds is 8. The lowest BCUT2D eigenvalue weighted by Crippen LogP contribution is -2.69.